The monoisotopic (exact) mass is 242 g/mol. The lowest BCUT2D eigenvalue weighted by Crippen LogP contribution is -2.20. The van der Waals surface area contributed by atoms with E-state index in [2.05, 4.69) is 31.0 Å². The Hall–Kier alpha value is -0.570. The lowest BCUT2D eigenvalue weighted by atomic mass is 10.2. The van der Waals surface area contributed by atoms with Gasteiger partial charge >= 0.3 is 0 Å². The summed E-state index contributed by atoms with van der Waals surface area (Å²) in [6.45, 7) is 9.36. The summed E-state index contributed by atoms with van der Waals surface area (Å²) in [5.74, 6) is 0. The van der Waals surface area contributed by atoms with Crippen molar-refractivity contribution in [1.29, 1.82) is 0 Å². The van der Waals surface area contributed by atoms with E-state index in [1.54, 1.807) is 0 Å². The van der Waals surface area contributed by atoms with E-state index >= 15 is 0 Å². The molecule has 0 unspecified atom stereocenters. The van der Waals surface area contributed by atoms with E-state index in [-0.39, 0.29) is 0 Å². The van der Waals surface area contributed by atoms with Crippen molar-refractivity contribution in [1.82, 2.24) is 4.90 Å². The molecule has 102 valence electrons. The average molecular weight is 242 g/mol. The Kier molecular flexibility index (Phi) is 11.5. The summed E-state index contributed by atoms with van der Waals surface area (Å²) < 4.78 is 0. The normalized spacial score (nSPS) is 12.2. The molecule has 17 heavy (non-hydrogen) atoms. The van der Waals surface area contributed by atoms with Crippen LogP contribution in [0.3, 0.4) is 0 Å². The smallest absolute Gasteiger partial charge is 0.117 e. The van der Waals surface area contributed by atoms with E-state index < -0.39 is 0 Å². The van der Waals surface area contributed by atoms with Crippen molar-refractivity contribution in [2.45, 2.75) is 59.3 Å². The standard InChI is InChI=1S/C14H30N2O/c1-5-7-8-9-10-13-17-15-14(3)11-12-16(4)6-2/h5-13H2,1-4H3/b15-14-. The van der Waals surface area contributed by atoms with E-state index in [9.17, 15) is 0 Å². The van der Waals surface area contributed by atoms with Crippen LogP contribution in [0.1, 0.15) is 59.3 Å². The average Bonchev–Trinajstić information content (AvgIpc) is 2.34. The van der Waals surface area contributed by atoms with Gasteiger partial charge in [-0.2, -0.15) is 0 Å². The summed E-state index contributed by atoms with van der Waals surface area (Å²) in [6, 6.07) is 0. The highest BCUT2D eigenvalue weighted by Gasteiger charge is 1.97. The van der Waals surface area contributed by atoms with Crippen molar-refractivity contribution in [2.24, 2.45) is 5.16 Å². The molecule has 0 fully saturated rings. The molecule has 0 aromatic carbocycles. The van der Waals surface area contributed by atoms with E-state index in [0.29, 0.717) is 0 Å². The fourth-order valence-electron chi connectivity index (χ4n) is 1.48. The maximum Gasteiger partial charge on any atom is 0.117 e. The van der Waals surface area contributed by atoms with Crippen LogP contribution in [0, 0.1) is 0 Å². The first kappa shape index (κ1) is 16.4. The molecule has 3 nitrogen and oxygen atoms in total. The van der Waals surface area contributed by atoms with Gasteiger partial charge in [0.2, 0.25) is 0 Å². The highest BCUT2D eigenvalue weighted by molar-refractivity contribution is 5.81. The molecule has 0 aliphatic rings. The van der Waals surface area contributed by atoms with Crippen LogP contribution >= 0.6 is 0 Å². The summed E-state index contributed by atoms with van der Waals surface area (Å²) in [6.07, 6.45) is 7.35. The first-order chi connectivity index (χ1) is 8.20. The Morgan fingerprint density at radius 1 is 1.12 bits per heavy atom. The predicted molar refractivity (Wildman–Crippen MR) is 75.6 cm³/mol. The molecular weight excluding hydrogens is 212 g/mol. The topological polar surface area (TPSA) is 24.8 Å². The summed E-state index contributed by atoms with van der Waals surface area (Å²) >= 11 is 0. The van der Waals surface area contributed by atoms with Crippen molar-refractivity contribution in [3.05, 3.63) is 0 Å². The Morgan fingerprint density at radius 3 is 2.47 bits per heavy atom. The van der Waals surface area contributed by atoms with Crippen LogP contribution in [0.25, 0.3) is 0 Å². The molecule has 0 aliphatic heterocycles. The maximum atomic E-state index is 5.31. The molecule has 0 aromatic rings. The second-order valence-corrected chi connectivity index (χ2v) is 4.72. The molecule has 0 amide bonds. The molecule has 0 bridgehead atoms. The van der Waals surface area contributed by atoms with Gasteiger partial charge in [-0.3, -0.25) is 0 Å². The summed E-state index contributed by atoms with van der Waals surface area (Å²) in [4.78, 5) is 7.59. The summed E-state index contributed by atoms with van der Waals surface area (Å²) in [5, 5.41) is 4.14. The van der Waals surface area contributed by atoms with Crippen LogP contribution in [0.5, 0.6) is 0 Å². The molecule has 0 saturated carbocycles. The fraction of sp³-hybridized carbons (Fsp3) is 0.929. The van der Waals surface area contributed by atoms with Crippen LogP contribution in [0.2, 0.25) is 0 Å². The van der Waals surface area contributed by atoms with E-state index in [1.807, 2.05) is 6.92 Å². The van der Waals surface area contributed by atoms with Crippen LogP contribution < -0.4 is 0 Å². The molecule has 0 aromatic heterocycles. The Morgan fingerprint density at radius 2 is 1.82 bits per heavy atom. The third-order valence-electron chi connectivity index (χ3n) is 2.95. The largest absolute Gasteiger partial charge is 0.396 e. The predicted octanol–water partition coefficient (Wildman–Crippen LogP) is 3.69. The van der Waals surface area contributed by atoms with Crippen LogP contribution in [0.15, 0.2) is 5.16 Å². The number of oxime groups is 1. The minimum absolute atomic E-state index is 0.769. The van der Waals surface area contributed by atoms with Crippen molar-refractivity contribution < 1.29 is 4.84 Å². The van der Waals surface area contributed by atoms with Crippen molar-refractivity contribution in [3.8, 4) is 0 Å². The zero-order valence-electron chi connectivity index (χ0n) is 12.2. The molecule has 0 aliphatic carbocycles. The Balaban J connectivity index is 3.37. The lowest BCUT2D eigenvalue weighted by Gasteiger charge is -2.12. The lowest BCUT2D eigenvalue weighted by molar-refractivity contribution is 0.138. The fourth-order valence-corrected chi connectivity index (χ4v) is 1.48. The zero-order valence-corrected chi connectivity index (χ0v) is 12.2. The minimum atomic E-state index is 0.769. The summed E-state index contributed by atoms with van der Waals surface area (Å²) in [7, 11) is 2.13. The number of rotatable bonds is 11. The third-order valence-corrected chi connectivity index (χ3v) is 2.95. The molecule has 0 saturated heterocycles. The van der Waals surface area contributed by atoms with Gasteiger partial charge in [0.1, 0.15) is 6.61 Å². The molecular formula is C14H30N2O. The molecule has 0 spiro atoms. The second-order valence-electron chi connectivity index (χ2n) is 4.72. The Labute approximate surface area is 107 Å². The zero-order chi connectivity index (χ0) is 12.9. The van der Waals surface area contributed by atoms with E-state index in [1.165, 1.54) is 25.7 Å². The maximum absolute atomic E-state index is 5.31. The van der Waals surface area contributed by atoms with Gasteiger partial charge in [0.05, 0.1) is 5.71 Å². The van der Waals surface area contributed by atoms with Gasteiger partial charge in [0.25, 0.3) is 0 Å². The van der Waals surface area contributed by atoms with Gasteiger partial charge in [0, 0.05) is 13.0 Å². The molecule has 0 rings (SSSR count). The number of hydrogen-bond acceptors (Lipinski definition) is 3. The first-order valence-electron chi connectivity index (χ1n) is 7.04. The number of unbranched alkanes of at least 4 members (excludes halogenated alkanes) is 4. The van der Waals surface area contributed by atoms with Gasteiger partial charge in [-0.15, -0.1) is 0 Å². The van der Waals surface area contributed by atoms with E-state index in [0.717, 1.165) is 38.2 Å². The Bertz CT molecular complexity index is 193. The highest BCUT2D eigenvalue weighted by atomic mass is 16.6. The third kappa shape index (κ3) is 11.7. The van der Waals surface area contributed by atoms with Gasteiger partial charge < -0.3 is 9.74 Å². The van der Waals surface area contributed by atoms with Crippen molar-refractivity contribution >= 4 is 5.71 Å². The van der Waals surface area contributed by atoms with Gasteiger partial charge in [-0.05, 0) is 33.4 Å². The van der Waals surface area contributed by atoms with Crippen molar-refractivity contribution in [2.75, 3.05) is 26.7 Å². The van der Waals surface area contributed by atoms with Crippen LogP contribution in [0.4, 0.5) is 0 Å². The SMILES string of the molecule is CCCCCCCO/N=C(/C)CCN(C)CC. The molecule has 0 N–H and O–H groups in total. The van der Waals surface area contributed by atoms with E-state index in [4.69, 9.17) is 4.84 Å². The van der Waals surface area contributed by atoms with Crippen LogP contribution in [-0.2, 0) is 4.84 Å². The molecule has 0 radical (unpaired) electrons. The van der Waals surface area contributed by atoms with Crippen LogP contribution in [-0.4, -0.2) is 37.4 Å². The molecule has 0 atom stereocenters. The second kappa shape index (κ2) is 11.9. The summed E-state index contributed by atoms with van der Waals surface area (Å²) in [5.41, 5.74) is 1.10. The van der Waals surface area contributed by atoms with Gasteiger partial charge in [-0.25, -0.2) is 0 Å². The quantitative estimate of drug-likeness (QED) is 0.313. The number of hydrogen-bond donors (Lipinski definition) is 0. The molecule has 0 heterocycles. The van der Waals surface area contributed by atoms with Crippen molar-refractivity contribution in [3.63, 3.8) is 0 Å². The highest BCUT2D eigenvalue weighted by Crippen LogP contribution is 2.02. The van der Waals surface area contributed by atoms with Gasteiger partial charge in [-0.1, -0.05) is 38.3 Å². The first-order valence-corrected chi connectivity index (χ1v) is 7.04. The number of nitrogens with zero attached hydrogens (tertiary/aromatic N) is 2. The van der Waals surface area contributed by atoms with Gasteiger partial charge in [0.15, 0.2) is 0 Å². The molecule has 3 heteroatoms. The minimum Gasteiger partial charge on any atom is -0.396 e.